The lowest BCUT2D eigenvalue weighted by atomic mass is 10.0. The first-order valence-electron chi connectivity index (χ1n) is 5.14. The molecule has 0 amide bonds. The van der Waals surface area contributed by atoms with Gasteiger partial charge in [0.25, 0.3) is 0 Å². The standard InChI is InChI=1S/C10H18N4/c1-10(2,11)6-8-12-9(7-4-5-7)13-14(8)3/h7H,4-6,11H2,1-3H3. The van der Waals surface area contributed by atoms with Gasteiger partial charge in [-0.2, -0.15) is 5.10 Å². The fourth-order valence-corrected chi connectivity index (χ4v) is 1.51. The second-order valence-electron chi connectivity index (χ2n) is 4.95. The largest absolute Gasteiger partial charge is 0.325 e. The maximum Gasteiger partial charge on any atom is 0.154 e. The van der Waals surface area contributed by atoms with Gasteiger partial charge in [-0.1, -0.05) is 0 Å². The summed E-state index contributed by atoms with van der Waals surface area (Å²) in [6.45, 7) is 4.02. The topological polar surface area (TPSA) is 56.7 Å². The molecular formula is C10H18N4. The zero-order valence-corrected chi connectivity index (χ0v) is 9.12. The summed E-state index contributed by atoms with van der Waals surface area (Å²) in [6, 6.07) is 0. The van der Waals surface area contributed by atoms with Crippen LogP contribution >= 0.6 is 0 Å². The van der Waals surface area contributed by atoms with E-state index in [1.54, 1.807) is 0 Å². The summed E-state index contributed by atoms with van der Waals surface area (Å²) in [5.41, 5.74) is 5.75. The summed E-state index contributed by atoms with van der Waals surface area (Å²) < 4.78 is 1.86. The van der Waals surface area contributed by atoms with E-state index >= 15 is 0 Å². The molecule has 1 heterocycles. The van der Waals surface area contributed by atoms with E-state index in [9.17, 15) is 0 Å². The Bertz CT molecular complexity index is 330. The summed E-state index contributed by atoms with van der Waals surface area (Å²) in [6.07, 6.45) is 3.27. The molecule has 4 heteroatoms. The first-order chi connectivity index (χ1) is 6.46. The molecule has 0 unspecified atom stereocenters. The first kappa shape index (κ1) is 9.65. The van der Waals surface area contributed by atoms with Crippen LogP contribution in [-0.4, -0.2) is 20.3 Å². The van der Waals surface area contributed by atoms with Crippen LogP contribution < -0.4 is 5.73 Å². The fraction of sp³-hybridized carbons (Fsp3) is 0.800. The van der Waals surface area contributed by atoms with Crippen molar-refractivity contribution < 1.29 is 0 Å². The van der Waals surface area contributed by atoms with Crippen molar-refractivity contribution in [1.82, 2.24) is 14.8 Å². The molecule has 0 spiro atoms. The zero-order chi connectivity index (χ0) is 10.3. The highest BCUT2D eigenvalue weighted by Gasteiger charge is 2.29. The summed E-state index contributed by atoms with van der Waals surface area (Å²) >= 11 is 0. The molecule has 0 saturated heterocycles. The molecule has 78 valence electrons. The van der Waals surface area contributed by atoms with Crippen LogP contribution in [0.3, 0.4) is 0 Å². The van der Waals surface area contributed by atoms with Crippen LogP contribution in [0.15, 0.2) is 0 Å². The lowest BCUT2D eigenvalue weighted by Crippen LogP contribution is -2.35. The van der Waals surface area contributed by atoms with Gasteiger partial charge in [-0.3, -0.25) is 4.68 Å². The first-order valence-corrected chi connectivity index (χ1v) is 5.14. The highest BCUT2D eigenvalue weighted by atomic mass is 15.3. The number of nitrogens with zero attached hydrogens (tertiary/aromatic N) is 3. The highest BCUT2D eigenvalue weighted by Crippen LogP contribution is 2.38. The molecular weight excluding hydrogens is 176 g/mol. The van der Waals surface area contributed by atoms with Crippen LogP contribution in [-0.2, 0) is 13.5 Å². The average molecular weight is 194 g/mol. The second kappa shape index (κ2) is 3.05. The van der Waals surface area contributed by atoms with Crippen LogP contribution in [0.4, 0.5) is 0 Å². The van der Waals surface area contributed by atoms with Crippen molar-refractivity contribution >= 4 is 0 Å². The van der Waals surface area contributed by atoms with Crippen LogP contribution in [0.5, 0.6) is 0 Å². The molecule has 1 aliphatic carbocycles. The predicted molar refractivity (Wildman–Crippen MR) is 54.9 cm³/mol. The fourth-order valence-electron chi connectivity index (χ4n) is 1.51. The number of hydrogen-bond acceptors (Lipinski definition) is 3. The van der Waals surface area contributed by atoms with Gasteiger partial charge >= 0.3 is 0 Å². The van der Waals surface area contributed by atoms with Gasteiger partial charge < -0.3 is 5.73 Å². The molecule has 0 aliphatic heterocycles. The van der Waals surface area contributed by atoms with Gasteiger partial charge in [0.2, 0.25) is 0 Å². The third-order valence-corrected chi connectivity index (χ3v) is 2.43. The Labute approximate surface area is 84.5 Å². The van der Waals surface area contributed by atoms with Crippen molar-refractivity contribution in [1.29, 1.82) is 0 Å². The molecule has 4 nitrogen and oxygen atoms in total. The maximum absolute atomic E-state index is 5.96. The van der Waals surface area contributed by atoms with Gasteiger partial charge in [-0.05, 0) is 26.7 Å². The van der Waals surface area contributed by atoms with Gasteiger partial charge in [0, 0.05) is 24.9 Å². The Morgan fingerprint density at radius 3 is 2.64 bits per heavy atom. The molecule has 0 atom stereocenters. The molecule has 2 N–H and O–H groups in total. The molecule has 2 rings (SSSR count). The van der Waals surface area contributed by atoms with Crippen molar-refractivity contribution in [3.63, 3.8) is 0 Å². The van der Waals surface area contributed by atoms with Gasteiger partial charge in [0.1, 0.15) is 5.82 Å². The predicted octanol–water partition coefficient (Wildman–Crippen LogP) is 0.972. The van der Waals surface area contributed by atoms with Gasteiger partial charge in [-0.25, -0.2) is 4.98 Å². The van der Waals surface area contributed by atoms with Crippen molar-refractivity contribution in [2.75, 3.05) is 0 Å². The third-order valence-electron chi connectivity index (χ3n) is 2.43. The van der Waals surface area contributed by atoms with E-state index in [-0.39, 0.29) is 5.54 Å². The van der Waals surface area contributed by atoms with Gasteiger partial charge in [0.05, 0.1) is 0 Å². The summed E-state index contributed by atoms with van der Waals surface area (Å²) in [4.78, 5) is 4.53. The quantitative estimate of drug-likeness (QED) is 0.780. The van der Waals surface area contributed by atoms with E-state index < -0.39 is 0 Å². The summed E-state index contributed by atoms with van der Waals surface area (Å²) in [7, 11) is 1.94. The molecule has 14 heavy (non-hydrogen) atoms. The summed E-state index contributed by atoms with van der Waals surface area (Å²) in [5, 5.41) is 4.41. The lowest BCUT2D eigenvalue weighted by Gasteiger charge is -2.16. The van der Waals surface area contributed by atoms with Crippen LogP contribution in [0, 0.1) is 0 Å². The Morgan fingerprint density at radius 2 is 2.14 bits per heavy atom. The highest BCUT2D eigenvalue weighted by molar-refractivity contribution is 5.07. The van der Waals surface area contributed by atoms with E-state index in [2.05, 4.69) is 10.1 Å². The number of aromatic nitrogens is 3. The molecule has 1 aromatic rings. The SMILES string of the molecule is Cn1nc(C2CC2)nc1CC(C)(C)N. The van der Waals surface area contributed by atoms with E-state index in [4.69, 9.17) is 5.73 Å². The van der Waals surface area contributed by atoms with Crippen molar-refractivity contribution in [2.24, 2.45) is 12.8 Å². The van der Waals surface area contributed by atoms with Crippen molar-refractivity contribution in [3.05, 3.63) is 11.6 Å². The van der Waals surface area contributed by atoms with Gasteiger partial charge in [-0.15, -0.1) is 0 Å². The van der Waals surface area contributed by atoms with Crippen LogP contribution in [0.1, 0.15) is 44.3 Å². The van der Waals surface area contributed by atoms with Crippen LogP contribution in [0.2, 0.25) is 0 Å². The number of nitrogens with two attached hydrogens (primary N) is 1. The number of aryl methyl sites for hydroxylation is 1. The number of rotatable bonds is 3. The summed E-state index contributed by atoms with van der Waals surface area (Å²) in [5.74, 6) is 2.63. The smallest absolute Gasteiger partial charge is 0.154 e. The monoisotopic (exact) mass is 194 g/mol. The maximum atomic E-state index is 5.96. The Hall–Kier alpha value is -0.900. The van der Waals surface area contributed by atoms with Crippen molar-refractivity contribution in [3.8, 4) is 0 Å². The van der Waals surface area contributed by atoms with E-state index in [1.807, 2.05) is 25.6 Å². The molecule has 0 aromatic carbocycles. The molecule has 0 radical (unpaired) electrons. The molecule has 1 saturated carbocycles. The number of hydrogen-bond donors (Lipinski definition) is 1. The van der Waals surface area contributed by atoms with E-state index in [0.29, 0.717) is 5.92 Å². The Balaban J connectivity index is 2.16. The lowest BCUT2D eigenvalue weighted by molar-refractivity contribution is 0.488. The minimum absolute atomic E-state index is 0.207. The zero-order valence-electron chi connectivity index (χ0n) is 9.12. The van der Waals surface area contributed by atoms with E-state index in [1.165, 1.54) is 12.8 Å². The molecule has 1 fully saturated rings. The minimum atomic E-state index is -0.207. The van der Waals surface area contributed by atoms with Crippen LogP contribution in [0.25, 0.3) is 0 Å². The third kappa shape index (κ3) is 2.12. The average Bonchev–Trinajstić information content (AvgIpc) is 2.77. The Kier molecular flexibility index (Phi) is 2.10. The molecule has 1 aromatic heterocycles. The second-order valence-corrected chi connectivity index (χ2v) is 4.95. The molecule has 1 aliphatic rings. The van der Waals surface area contributed by atoms with Crippen molar-refractivity contribution in [2.45, 2.75) is 44.6 Å². The molecule has 0 bridgehead atoms. The van der Waals surface area contributed by atoms with E-state index in [0.717, 1.165) is 18.1 Å². The normalized spacial score (nSPS) is 17.4. The Morgan fingerprint density at radius 1 is 1.50 bits per heavy atom. The van der Waals surface area contributed by atoms with Gasteiger partial charge in [0.15, 0.2) is 5.82 Å². The minimum Gasteiger partial charge on any atom is -0.325 e.